The van der Waals surface area contributed by atoms with Crippen molar-refractivity contribution in [3.63, 3.8) is 0 Å². The molecule has 0 aliphatic rings. The molecule has 160 valence electrons. The van der Waals surface area contributed by atoms with E-state index in [4.69, 9.17) is 0 Å². The highest BCUT2D eigenvalue weighted by atomic mass is 32.1. The van der Waals surface area contributed by atoms with Gasteiger partial charge in [0.25, 0.3) is 11.5 Å². The fourth-order valence-electron chi connectivity index (χ4n) is 3.85. The third-order valence-electron chi connectivity index (χ3n) is 5.47. The van der Waals surface area contributed by atoms with Crippen molar-refractivity contribution in [1.82, 2.24) is 19.3 Å². The highest BCUT2D eigenvalue weighted by molar-refractivity contribution is 7.18. The molecule has 0 saturated heterocycles. The molecule has 32 heavy (non-hydrogen) atoms. The lowest BCUT2D eigenvalue weighted by atomic mass is 10.1. The first-order valence-corrected chi connectivity index (χ1v) is 10.8. The number of anilines is 1. The van der Waals surface area contributed by atoms with Crippen molar-refractivity contribution in [3.05, 3.63) is 70.6 Å². The number of amides is 1. The molecular weight excluding hydrogens is 426 g/mol. The molecule has 0 fully saturated rings. The van der Waals surface area contributed by atoms with Gasteiger partial charge in [-0.15, -0.1) is 10.2 Å². The minimum atomic E-state index is -0.721. The number of aromatic nitrogens is 4. The van der Waals surface area contributed by atoms with Gasteiger partial charge in [-0.2, -0.15) is 0 Å². The third kappa shape index (κ3) is 3.14. The fourth-order valence-corrected chi connectivity index (χ4v) is 4.59. The lowest BCUT2D eigenvalue weighted by Crippen LogP contribution is -2.29. The van der Waals surface area contributed by atoms with Crippen LogP contribution in [0.25, 0.3) is 32.4 Å². The molecule has 5 aromatic rings. The van der Waals surface area contributed by atoms with Crippen molar-refractivity contribution >= 4 is 44.2 Å². The number of hydrogen-bond donors (Lipinski definition) is 2. The lowest BCUT2D eigenvalue weighted by Gasteiger charge is -2.12. The summed E-state index contributed by atoms with van der Waals surface area (Å²) in [5.41, 5.74) is 1.64. The van der Waals surface area contributed by atoms with Crippen LogP contribution in [-0.2, 0) is 13.6 Å². The number of aryl methyl sites for hydroxylation is 2. The number of nitrogens with zero attached hydrogens (tertiary/aromatic N) is 4. The summed E-state index contributed by atoms with van der Waals surface area (Å²) in [6.45, 7) is 2.18. The van der Waals surface area contributed by atoms with Gasteiger partial charge >= 0.3 is 0 Å². The zero-order valence-electron chi connectivity index (χ0n) is 17.4. The van der Waals surface area contributed by atoms with E-state index in [1.807, 2.05) is 49.0 Å². The summed E-state index contributed by atoms with van der Waals surface area (Å²) in [7, 11) is 1.97. The minimum Gasteiger partial charge on any atom is -0.506 e. The van der Waals surface area contributed by atoms with Gasteiger partial charge in [0.15, 0.2) is 0 Å². The molecule has 1 amide bonds. The molecule has 5 rings (SSSR count). The molecule has 0 bridgehead atoms. The van der Waals surface area contributed by atoms with Crippen molar-refractivity contribution < 1.29 is 9.90 Å². The van der Waals surface area contributed by atoms with E-state index < -0.39 is 11.5 Å². The van der Waals surface area contributed by atoms with Gasteiger partial charge < -0.3 is 14.2 Å². The Morgan fingerprint density at radius 3 is 2.75 bits per heavy atom. The second kappa shape index (κ2) is 7.61. The standard InChI is InChI=1S/C23H19N5O3S/c1-3-28-16-7-5-4-6-15(16)19(29)18(22(28)31)20(30)24-23-26-25-21(32-23)14-9-8-13-10-11-27(2)17(13)12-14/h4-12,29H,3H2,1-2H3,(H,24,26,30). The van der Waals surface area contributed by atoms with Crippen molar-refractivity contribution in [2.75, 3.05) is 5.32 Å². The van der Waals surface area contributed by atoms with Gasteiger partial charge in [0.05, 0.1) is 5.52 Å². The average Bonchev–Trinajstić information content (AvgIpc) is 3.41. The smallest absolute Gasteiger partial charge is 0.267 e. The number of rotatable bonds is 4. The van der Waals surface area contributed by atoms with Crippen molar-refractivity contribution in [3.8, 4) is 16.3 Å². The Hall–Kier alpha value is -3.98. The van der Waals surface area contributed by atoms with Crippen LogP contribution >= 0.6 is 11.3 Å². The van der Waals surface area contributed by atoms with Crippen LogP contribution in [0, 0.1) is 0 Å². The highest BCUT2D eigenvalue weighted by Gasteiger charge is 2.23. The summed E-state index contributed by atoms with van der Waals surface area (Å²) in [5.74, 6) is -1.06. The van der Waals surface area contributed by atoms with Crippen molar-refractivity contribution in [2.24, 2.45) is 7.05 Å². The first-order chi connectivity index (χ1) is 15.5. The van der Waals surface area contributed by atoms with E-state index in [1.165, 1.54) is 15.9 Å². The summed E-state index contributed by atoms with van der Waals surface area (Å²) < 4.78 is 3.48. The van der Waals surface area contributed by atoms with Gasteiger partial charge in [-0.3, -0.25) is 14.9 Å². The molecule has 2 N–H and O–H groups in total. The molecule has 0 spiro atoms. The van der Waals surface area contributed by atoms with E-state index in [0.29, 0.717) is 22.5 Å². The Balaban J connectivity index is 1.50. The van der Waals surface area contributed by atoms with Gasteiger partial charge in [-0.05, 0) is 36.6 Å². The number of carbonyl (C=O) groups is 1. The van der Waals surface area contributed by atoms with E-state index in [-0.39, 0.29) is 16.4 Å². The van der Waals surface area contributed by atoms with Crippen LogP contribution < -0.4 is 10.9 Å². The molecule has 0 saturated carbocycles. The zero-order valence-corrected chi connectivity index (χ0v) is 18.2. The second-order valence-electron chi connectivity index (χ2n) is 7.36. The van der Waals surface area contributed by atoms with E-state index in [2.05, 4.69) is 15.5 Å². The predicted octanol–water partition coefficient (Wildman–Crippen LogP) is 3.99. The number of aromatic hydroxyl groups is 1. The van der Waals surface area contributed by atoms with Crippen LogP contribution in [0.5, 0.6) is 5.75 Å². The van der Waals surface area contributed by atoms with Crippen LogP contribution in [0.3, 0.4) is 0 Å². The van der Waals surface area contributed by atoms with Gasteiger partial charge in [0.2, 0.25) is 5.13 Å². The van der Waals surface area contributed by atoms with Crippen LogP contribution in [0.1, 0.15) is 17.3 Å². The topological polar surface area (TPSA) is 102 Å². The second-order valence-corrected chi connectivity index (χ2v) is 8.33. The van der Waals surface area contributed by atoms with Crippen LogP contribution in [-0.4, -0.2) is 30.3 Å². The maximum absolute atomic E-state index is 12.9. The molecule has 0 atom stereocenters. The largest absolute Gasteiger partial charge is 0.506 e. The zero-order chi connectivity index (χ0) is 22.4. The minimum absolute atomic E-state index is 0.243. The molecule has 0 aliphatic carbocycles. The molecule has 0 unspecified atom stereocenters. The summed E-state index contributed by atoms with van der Waals surface area (Å²) in [4.78, 5) is 25.9. The molecule has 9 heteroatoms. The number of carbonyl (C=O) groups excluding carboxylic acids is 1. The fraction of sp³-hybridized carbons (Fsp3) is 0.130. The SMILES string of the molecule is CCn1c(=O)c(C(=O)Nc2nnc(-c3ccc4ccn(C)c4c3)s2)c(O)c2ccccc21. The van der Waals surface area contributed by atoms with Crippen molar-refractivity contribution in [1.29, 1.82) is 0 Å². The maximum Gasteiger partial charge on any atom is 0.267 e. The monoisotopic (exact) mass is 445 g/mol. The van der Waals surface area contributed by atoms with E-state index in [9.17, 15) is 14.7 Å². The summed E-state index contributed by atoms with van der Waals surface area (Å²) in [6.07, 6.45) is 1.99. The van der Waals surface area contributed by atoms with Gasteiger partial charge in [0, 0.05) is 36.3 Å². The molecule has 0 radical (unpaired) electrons. The summed E-state index contributed by atoms with van der Waals surface area (Å²) >= 11 is 1.20. The summed E-state index contributed by atoms with van der Waals surface area (Å²) in [6, 6.07) is 14.9. The number of nitrogens with one attached hydrogen (secondary N) is 1. The normalized spacial score (nSPS) is 11.3. The molecule has 2 aromatic carbocycles. The molecule has 8 nitrogen and oxygen atoms in total. The lowest BCUT2D eigenvalue weighted by molar-refractivity contribution is 0.102. The Kier molecular flexibility index (Phi) is 4.75. The van der Waals surface area contributed by atoms with E-state index in [1.54, 1.807) is 24.3 Å². The van der Waals surface area contributed by atoms with Gasteiger partial charge in [-0.1, -0.05) is 35.6 Å². The van der Waals surface area contributed by atoms with Crippen LogP contribution in [0.2, 0.25) is 0 Å². The van der Waals surface area contributed by atoms with Gasteiger partial charge in [-0.25, -0.2) is 0 Å². The molecular formula is C23H19N5O3S. The third-order valence-corrected chi connectivity index (χ3v) is 6.36. The number of benzene rings is 2. The average molecular weight is 446 g/mol. The number of hydrogen-bond acceptors (Lipinski definition) is 6. The Morgan fingerprint density at radius 2 is 1.94 bits per heavy atom. The predicted molar refractivity (Wildman–Crippen MR) is 125 cm³/mol. The van der Waals surface area contributed by atoms with Crippen molar-refractivity contribution in [2.45, 2.75) is 13.5 Å². The Bertz CT molecular complexity index is 1560. The molecule has 3 aromatic heterocycles. The number of para-hydroxylation sites is 1. The Morgan fingerprint density at radius 1 is 1.12 bits per heavy atom. The first kappa shape index (κ1) is 20.0. The van der Waals surface area contributed by atoms with Crippen LogP contribution in [0.15, 0.2) is 59.5 Å². The van der Waals surface area contributed by atoms with Crippen LogP contribution in [0.4, 0.5) is 5.13 Å². The summed E-state index contributed by atoms with van der Waals surface area (Å²) in [5, 5.41) is 24.0. The van der Waals surface area contributed by atoms with Gasteiger partial charge in [0.1, 0.15) is 16.3 Å². The quantitative estimate of drug-likeness (QED) is 0.436. The first-order valence-electron chi connectivity index (χ1n) is 10.0. The molecule has 3 heterocycles. The van der Waals surface area contributed by atoms with E-state index in [0.717, 1.165) is 16.5 Å². The molecule has 0 aliphatic heterocycles. The Labute approximate surface area is 186 Å². The highest BCUT2D eigenvalue weighted by Crippen LogP contribution is 2.31. The number of pyridine rings is 1. The maximum atomic E-state index is 12.9. The number of fused-ring (bicyclic) bond motifs is 2. The van der Waals surface area contributed by atoms with E-state index >= 15 is 0 Å².